The summed E-state index contributed by atoms with van der Waals surface area (Å²) >= 11 is 0. The summed E-state index contributed by atoms with van der Waals surface area (Å²) < 4.78 is 37.7. The third-order valence-electron chi connectivity index (χ3n) is 6.28. The number of hydrogen-bond donors (Lipinski definition) is 0. The van der Waals surface area contributed by atoms with Crippen LogP contribution >= 0.6 is 0 Å². The second kappa shape index (κ2) is 10.6. The predicted octanol–water partition coefficient (Wildman–Crippen LogP) is 6.41. The van der Waals surface area contributed by atoms with Crippen molar-refractivity contribution in [3.63, 3.8) is 0 Å². The summed E-state index contributed by atoms with van der Waals surface area (Å²) in [4.78, 5) is 16.9. The Bertz CT molecular complexity index is 1530. The van der Waals surface area contributed by atoms with Crippen molar-refractivity contribution in [3.8, 4) is 23.0 Å². The van der Waals surface area contributed by atoms with Gasteiger partial charge in [-0.25, -0.2) is 14.2 Å². The highest BCUT2D eigenvalue weighted by molar-refractivity contribution is 5.93. The van der Waals surface area contributed by atoms with Crippen molar-refractivity contribution >= 4 is 17.0 Å². The number of esters is 1. The molecule has 192 valence electrons. The Morgan fingerprint density at radius 3 is 2.03 bits per heavy atom. The average Bonchev–Trinajstić information content (AvgIpc) is 3.38. The van der Waals surface area contributed by atoms with E-state index >= 15 is 0 Å². The fraction of sp³-hybridized carbons (Fsp3) is 0.133. The molecule has 8 heteroatoms. The van der Waals surface area contributed by atoms with Crippen LogP contribution in [-0.2, 0) is 4.74 Å². The molecule has 0 saturated heterocycles. The van der Waals surface area contributed by atoms with Gasteiger partial charge in [0, 0.05) is 6.07 Å². The lowest BCUT2D eigenvalue weighted by atomic mass is 9.98. The highest BCUT2D eigenvalue weighted by atomic mass is 19.1. The number of methoxy groups -OCH3 is 3. The molecule has 0 bridgehead atoms. The zero-order valence-electron chi connectivity index (χ0n) is 21.1. The first kappa shape index (κ1) is 24.8. The van der Waals surface area contributed by atoms with E-state index in [4.69, 9.17) is 18.9 Å². The summed E-state index contributed by atoms with van der Waals surface area (Å²) in [5, 5.41) is 0. The summed E-state index contributed by atoms with van der Waals surface area (Å²) in [7, 11) is 4.52. The number of rotatable bonds is 8. The summed E-state index contributed by atoms with van der Waals surface area (Å²) in [6.07, 6.45) is 1.74. The van der Waals surface area contributed by atoms with E-state index in [-0.39, 0.29) is 17.4 Å². The van der Waals surface area contributed by atoms with Crippen LogP contribution in [0.5, 0.6) is 23.0 Å². The molecule has 0 radical (unpaired) electrons. The van der Waals surface area contributed by atoms with E-state index in [0.717, 1.165) is 34.2 Å². The summed E-state index contributed by atoms with van der Waals surface area (Å²) in [5.41, 5.74) is 3.48. The van der Waals surface area contributed by atoms with Crippen molar-refractivity contribution < 1.29 is 28.1 Å². The van der Waals surface area contributed by atoms with Gasteiger partial charge in [-0.3, -0.25) is 0 Å². The molecule has 4 aromatic carbocycles. The van der Waals surface area contributed by atoms with Gasteiger partial charge in [0.05, 0.1) is 39.2 Å². The maximum Gasteiger partial charge on any atom is 0.341 e. The van der Waals surface area contributed by atoms with Gasteiger partial charge < -0.3 is 23.5 Å². The Morgan fingerprint density at radius 2 is 1.45 bits per heavy atom. The molecule has 1 aromatic heterocycles. The van der Waals surface area contributed by atoms with Gasteiger partial charge in [-0.2, -0.15) is 0 Å². The molecular weight excluding hydrogens is 487 g/mol. The molecule has 0 amide bonds. The first-order valence-corrected chi connectivity index (χ1v) is 11.8. The standard InChI is InChI=1S/C30H25FN2O5/c1-35-22-12-7-19(8-13-22)29(20-9-14-23(36-2)15-10-20)33-18-32-28-25(33)5-4-6-26(28)38-27-17-21(31)11-16-24(27)30(34)37-3/h4-18,29H,1-3H3. The number of benzene rings is 4. The second-order valence-corrected chi connectivity index (χ2v) is 8.46. The molecule has 0 aliphatic rings. The topological polar surface area (TPSA) is 71.8 Å². The molecule has 1 heterocycles. The highest BCUT2D eigenvalue weighted by Gasteiger charge is 2.22. The van der Waals surface area contributed by atoms with Gasteiger partial charge in [0.15, 0.2) is 5.75 Å². The Morgan fingerprint density at radius 1 is 0.816 bits per heavy atom. The molecule has 0 aliphatic heterocycles. The minimum atomic E-state index is -0.628. The number of aromatic nitrogens is 2. The van der Waals surface area contributed by atoms with E-state index in [1.54, 1.807) is 26.6 Å². The van der Waals surface area contributed by atoms with Crippen molar-refractivity contribution in [2.75, 3.05) is 21.3 Å². The molecule has 0 atom stereocenters. The minimum absolute atomic E-state index is 0.0424. The van der Waals surface area contributed by atoms with Crippen LogP contribution in [-0.4, -0.2) is 36.8 Å². The lowest BCUT2D eigenvalue weighted by molar-refractivity contribution is 0.0598. The number of fused-ring (bicyclic) bond motifs is 1. The van der Waals surface area contributed by atoms with Gasteiger partial charge in [-0.05, 0) is 59.7 Å². The normalized spacial score (nSPS) is 11.0. The van der Waals surface area contributed by atoms with Crippen LogP contribution in [0.25, 0.3) is 11.0 Å². The van der Waals surface area contributed by atoms with Gasteiger partial charge in [0.2, 0.25) is 0 Å². The lowest BCUT2D eigenvalue weighted by Crippen LogP contribution is -2.11. The van der Waals surface area contributed by atoms with Crippen molar-refractivity contribution in [2.45, 2.75) is 6.04 Å². The molecule has 38 heavy (non-hydrogen) atoms. The van der Waals surface area contributed by atoms with Gasteiger partial charge >= 0.3 is 5.97 Å². The Hall–Kier alpha value is -4.85. The number of carbonyl (C=O) groups excluding carboxylic acids is 1. The van der Waals surface area contributed by atoms with Gasteiger partial charge in [0.25, 0.3) is 0 Å². The number of hydrogen-bond acceptors (Lipinski definition) is 6. The van der Waals surface area contributed by atoms with Crippen LogP contribution < -0.4 is 14.2 Å². The maximum absolute atomic E-state index is 14.1. The SMILES string of the molecule is COC(=O)c1ccc(F)cc1Oc1cccc2c1ncn2C(c1ccc(OC)cc1)c1ccc(OC)cc1. The van der Waals surface area contributed by atoms with E-state index in [1.807, 2.05) is 65.2 Å². The monoisotopic (exact) mass is 512 g/mol. The van der Waals surface area contributed by atoms with Crippen molar-refractivity contribution in [1.82, 2.24) is 9.55 Å². The van der Waals surface area contributed by atoms with Gasteiger partial charge in [0.1, 0.15) is 34.1 Å². The molecule has 0 unspecified atom stereocenters. The largest absolute Gasteiger partial charge is 0.497 e. The Kier molecular flexibility index (Phi) is 6.95. The number of para-hydroxylation sites is 1. The second-order valence-electron chi connectivity index (χ2n) is 8.46. The molecule has 7 nitrogen and oxygen atoms in total. The first-order valence-electron chi connectivity index (χ1n) is 11.8. The third kappa shape index (κ3) is 4.76. The van der Waals surface area contributed by atoms with E-state index < -0.39 is 11.8 Å². The summed E-state index contributed by atoms with van der Waals surface area (Å²) in [6, 6.07) is 24.6. The Labute approximate surface area is 219 Å². The Balaban J connectivity index is 1.62. The third-order valence-corrected chi connectivity index (χ3v) is 6.28. The molecular formula is C30H25FN2O5. The van der Waals surface area contributed by atoms with Crippen LogP contribution in [0.15, 0.2) is 91.3 Å². The zero-order chi connectivity index (χ0) is 26.6. The molecule has 0 saturated carbocycles. The smallest absolute Gasteiger partial charge is 0.341 e. The van der Waals surface area contributed by atoms with Gasteiger partial charge in [-0.1, -0.05) is 30.3 Å². The number of imidazole rings is 1. The van der Waals surface area contributed by atoms with E-state index in [2.05, 4.69) is 4.98 Å². The summed E-state index contributed by atoms with van der Waals surface area (Å²) in [6.45, 7) is 0. The molecule has 5 aromatic rings. The van der Waals surface area contributed by atoms with E-state index in [9.17, 15) is 9.18 Å². The quantitative estimate of drug-likeness (QED) is 0.224. The van der Waals surface area contributed by atoms with Crippen LogP contribution in [0, 0.1) is 5.82 Å². The first-order chi connectivity index (χ1) is 18.5. The van der Waals surface area contributed by atoms with E-state index in [0.29, 0.717) is 11.3 Å². The minimum Gasteiger partial charge on any atom is -0.497 e. The molecule has 0 spiro atoms. The number of nitrogens with zero attached hydrogens (tertiary/aromatic N) is 2. The lowest BCUT2D eigenvalue weighted by Gasteiger charge is -2.21. The van der Waals surface area contributed by atoms with Crippen molar-refractivity contribution in [1.29, 1.82) is 0 Å². The van der Waals surface area contributed by atoms with Crippen LogP contribution in [0.2, 0.25) is 0 Å². The van der Waals surface area contributed by atoms with E-state index in [1.165, 1.54) is 19.2 Å². The zero-order valence-corrected chi connectivity index (χ0v) is 21.1. The average molecular weight is 513 g/mol. The molecule has 0 N–H and O–H groups in total. The fourth-order valence-corrected chi connectivity index (χ4v) is 4.38. The predicted molar refractivity (Wildman–Crippen MR) is 141 cm³/mol. The van der Waals surface area contributed by atoms with Crippen LogP contribution in [0.3, 0.4) is 0 Å². The molecule has 5 rings (SSSR count). The van der Waals surface area contributed by atoms with Crippen molar-refractivity contribution in [2.24, 2.45) is 0 Å². The highest BCUT2D eigenvalue weighted by Crippen LogP contribution is 2.36. The van der Waals surface area contributed by atoms with Crippen LogP contribution in [0.1, 0.15) is 27.5 Å². The van der Waals surface area contributed by atoms with Crippen LogP contribution in [0.4, 0.5) is 4.39 Å². The molecule has 0 fully saturated rings. The number of carbonyl (C=O) groups is 1. The molecule has 0 aliphatic carbocycles. The summed E-state index contributed by atoms with van der Waals surface area (Å²) in [5.74, 6) is 0.761. The van der Waals surface area contributed by atoms with Crippen molar-refractivity contribution in [3.05, 3.63) is 114 Å². The maximum atomic E-state index is 14.1. The number of ether oxygens (including phenoxy) is 4. The number of halogens is 1. The fourth-order valence-electron chi connectivity index (χ4n) is 4.38. The van der Waals surface area contributed by atoms with Gasteiger partial charge in [-0.15, -0.1) is 0 Å².